The van der Waals surface area contributed by atoms with Crippen molar-refractivity contribution in [1.29, 1.82) is 0 Å². The van der Waals surface area contributed by atoms with E-state index in [9.17, 15) is 4.79 Å². The fourth-order valence-corrected chi connectivity index (χ4v) is 4.01. The Kier molecular flexibility index (Phi) is 3.68. The molecular formula is C19H23N3O. The van der Waals surface area contributed by atoms with Crippen LogP contribution in [0.4, 0.5) is 0 Å². The average Bonchev–Trinajstić information content (AvgIpc) is 3.25. The van der Waals surface area contributed by atoms with Crippen LogP contribution in [-0.2, 0) is 24.1 Å². The maximum atomic E-state index is 12.6. The summed E-state index contributed by atoms with van der Waals surface area (Å²) in [6.07, 6.45) is 7.04. The summed E-state index contributed by atoms with van der Waals surface area (Å²) >= 11 is 0. The topological polar surface area (TPSA) is 49.0 Å². The van der Waals surface area contributed by atoms with Crippen molar-refractivity contribution in [2.45, 2.75) is 44.9 Å². The van der Waals surface area contributed by atoms with Crippen molar-refractivity contribution >= 4 is 5.91 Å². The van der Waals surface area contributed by atoms with Crippen molar-refractivity contribution < 1.29 is 4.79 Å². The van der Waals surface area contributed by atoms with Gasteiger partial charge in [-0.05, 0) is 54.9 Å². The number of rotatable bonds is 3. The number of benzene rings is 1. The van der Waals surface area contributed by atoms with Crippen molar-refractivity contribution in [1.82, 2.24) is 15.1 Å². The quantitative estimate of drug-likeness (QED) is 0.948. The number of carbonyl (C=O) groups excluding carboxylic acids is 1. The minimum atomic E-state index is 0.252. The second-order valence-corrected chi connectivity index (χ2v) is 6.93. The SMILES string of the molecule is Cc1cn[nH]c1[C@@H]1CCN(C(=O)Cc2ccc3c(c2)CCC3)C1. The third kappa shape index (κ3) is 2.78. The number of H-pyrrole nitrogens is 1. The van der Waals surface area contributed by atoms with Gasteiger partial charge in [0.25, 0.3) is 0 Å². The van der Waals surface area contributed by atoms with Crippen LogP contribution in [-0.4, -0.2) is 34.1 Å². The zero-order chi connectivity index (χ0) is 15.8. The lowest BCUT2D eigenvalue weighted by molar-refractivity contribution is -0.129. The molecule has 2 aliphatic rings. The lowest BCUT2D eigenvalue weighted by Gasteiger charge is -2.17. The molecule has 0 spiro atoms. The molecule has 2 aromatic rings. The molecule has 1 N–H and O–H groups in total. The number of likely N-dealkylation sites (tertiary alicyclic amines) is 1. The molecule has 0 unspecified atom stereocenters. The van der Waals surface area contributed by atoms with Gasteiger partial charge in [0.15, 0.2) is 0 Å². The highest BCUT2D eigenvalue weighted by molar-refractivity contribution is 5.79. The normalized spacial score (nSPS) is 20.0. The molecule has 4 rings (SSSR count). The summed E-state index contributed by atoms with van der Waals surface area (Å²) in [4.78, 5) is 14.6. The van der Waals surface area contributed by atoms with Gasteiger partial charge in [0, 0.05) is 24.7 Å². The summed E-state index contributed by atoms with van der Waals surface area (Å²) in [7, 11) is 0. The van der Waals surface area contributed by atoms with Crippen molar-refractivity contribution in [3.05, 3.63) is 52.3 Å². The van der Waals surface area contributed by atoms with Gasteiger partial charge in [-0.2, -0.15) is 5.10 Å². The Balaban J connectivity index is 1.41. The monoisotopic (exact) mass is 309 g/mol. The lowest BCUT2D eigenvalue weighted by Crippen LogP contribution is -2.30. The van der Waals surface area contributed by atoms with Gasteiger partial charge in [-0.25, -0.2) is 0 Å². The van der Waals surface area contributed by atoms with Crippen molar-refractivity contribution in [3.8, 4) is 0 Å². The van der Waals surface area contributed by atoms with E-state index in [0.717, 1.165) is 25.1 Å². The van der Waals surface area contributed by atoms with Gasteiger partial charge in [-0.1, -0.05) is 18.2 Å². The molecule has 1 saturated heterocycles. The van der Waals surface area contributed by atoms with Crippen LogP contribution in [0.2, 0.25) is 0 Å². The number of aryl methyl sites for hydroxylation is 3. The summed E-state index contributed by atoms with van der Waals surface area (Å²) in [5, 5.41) is 7.21. The van der Waals surface area contributed by atoms with E-state index in [2.05, 4.69) is 35.3 Å². The highest BCUT2D eigenvalue weighted by atomic mass is 16.2. The van der Waals surface area contributed by atoms with Gasteiger partial charge < -0.3 is 4.90 Å². The van der Waals surface area contributed by atoms with E-state index < -0.39 is 0 Å². The number of nitrogens with one attached hydrogen (secondary N) is 1. The number of hydrogen-bond donors (Lipinski definition) is 1. The highest BCUT2D eigenvalue weighted by Gasteiger charge is 2.29. The maximum absolute atomic E-state index is 12.6. The fraction of sp³-hybridized carbons (Fsp3) is 0.474. The number of hydrogen-bond acceptors (Lipinski definition) is 2. The Hall–Kier alpha value is -2.10. The zero-order valence-corrected chi connectivity index (χ0v) is 13.6. The van der Waals surface area contributed by atoms with E-state index in [1.165, 1.54) is 41.6 Å². The second kappa shape index (κ2) is 5.84. The first kappa shape index (κ1) is 14.5. The molecule has 0 radical (unpaired) electrons. The Morgan fingerprint density at radius 3 is 3.04 bits per heavy atom. The van der Waals surface area contributed by atoms with E-state index >= 15 is 0 Å². The maximum Gasteiger partial charge on any atom is 0.227 e. The van der Waals surface area contributed by atoms with Crippen LogP contribution in [0.25, 0.3) is 0 Å². The predicted octanol–water partition coefficient (Wildman–Crippen LogP) is 2.77. The van der Waals surface area contributed by atoms with Crippen LogP contribution >= 0.6 is 0 Å². The van der Waals surface area contributed by atoms with Crippen molar-refractivity contribution in [2.24, 2.45) is 0 Å². The molecule has 1 aliphatic heterocycles. The van der Waals surface area contributed by atoms with Crippen LogP contribution in [0.5, 0.6) is 0 Å². The predicted molar refractivity (Wildman–Crippen MR) is 89.4 cm³/mol. The van der Waals surface area contributed by atoms with Crippen LogP contribution in [0.15, 0.2) is 24.4 Å². The average molecular weight is 309 g/mol. The molecular weight excluding hydrogens is 286 g/mol. The van der Waals surface area contributed by atoms with Crippen LogP contribution in [0, 0.1) is 6.92 Å². The lowest BCUT2D eigenvalue weighted by atomic mass is 10.0. The first-order chi connectivity index (χ1) is 11.2. The molecule has 1 fully saturated rings. The third-order valence-corrected chi connectivity index (χ3v) is 5.34. The molecule has 0 saturated carbocycles. The molecule has 1 aromatic carbocycles. The Morgan fingerprint density at radius 1 is 1.35 bits per heavy atom. The van der Waals surface area contributed by atoms with Crippen LogP contribution in [0.1, 0.15) is 46.7 Å². The molecule has 0 bridgehead atoms. The number of nitrogens with zero attached hydrogens (tertiary/aromatic N) is 2. The molecule has 1 aliphatic carbocycles. The summed E-state index contributed by atoms with van der Waals surface area (Å²) < 4.78 is 0. The van der Waals surface area contributed by atoms with E-state index in [0.29, 0.717) is 12.3 Å². The summed E-state index contributed by atoms with van der Waals surface area (Å²) in [5.74, 6) is 0.657. The third-order valence-electron chi connectivity index (χ3n) is 5.34. The van der Waals surface area contributed by atoms with Crippen molar-refractivity contribution in [3.63, 3.8) is 0 Å². The van der Waals surface area contributed by atoms with Crippen LogP contribution < -0.4 is 0 Å². The first-order valence-electron chi connectivity index (χ1n) is 8.59. The molecule has 23 heavy (non-hydrogen) atoms. The molecule has 120 valence electrons. The largest absolute Gasteiger partial charge is 0.342 e. The summed E-state index contributed by atoms with van der Waals surface area (Å²) in [6, 6.07) is 6.59. The minimum absolute atomic E-state index is 0.252. The molecule has 2 heterocycles. The summed E-state index contributed by atoms with van der Waals surface area (Å²) in [6.45, 7) is 3.74. The van der Waals surface area contributed by atoms with Gasteiger partial charge in [0.2, 0.25) is 5.91 Å². The Labute approximate surface area is 136 Å². The second-order valence-electron chi connectivity index (χ2n) is 6.93. The van der Waals surface area contributed by atoms with Gasteiger partial charge >= 0.3 is 0 Å². The number of aromatic amines is 1. The standard InChI is InChI=1S/C19H23N3O/c1-13-11-20-21-19(13)17-7-8-22(12-17)18(23)10-14-5-6-15-3-2-4-16(15)9-14/h5-6,9,11,17H,2-4,7-8,10,12H2,1H3,(H,20,21)/t17-/m1/s1. The minimum Gasteiger partial charge on any atom is -0.342 e. The molecule has 4 heteroatoms. The van der Waals surface area contributed by atoms with E-state index in [-0.39, 0.29) is 5.91 Å². The Bertz CT molecular complexity index is 734. The van der Waals surface area contributed by atoms with Gasteiger partial charge in [0.05, 0.1) is 12.6 Å². The van der Waals surface area contributed by atoms with Gasteiger partial charge in [0.1, 0.15) is 0 Å². The summed E-state index contributed by atoms with van der Waals surface area (Å²) in [5.41, 5.74) is 6.47. The highest BCUT2D eigenvalue weighted by Crippen LogP contribution is 2.28. The van der Waals surface area contributed by atoms with Crippen molar-refractivity contribution in [2.75, 3.05) is 13.1 Å². The Morgan fingerprint density at radius 2 is 2.22 bits per heavy atom. The molecule has 1 amide bonds. The fourth-order valence-electron chi connectivity index (χ4n) is 4.01. The van der Waals surface area contributed by atoms with Gasteiger partial charge in [-0.3, -0.25) is 9.89 Å². The molecule has 4 nitrogen and oxygen atoms in total. The van der Waals surface area contributed by atoms with E-state index in [1.807, 2.05) is 11.1 Å². The van der Waals surface area contributed by atoms with E-state index in [1.54, 1.807) is 0 Å². The number of carbonyl (C=O) groups is 1. The number of fused-ring (bicyclic) bond motifs is 1. The van der Waals surface area contributed by atoms with Crippen LogP contribution in [0.3, 0.4) is 0 Å². The van der Waals surface area contributed by atoms with Gasteiger partial charge in [-0.15, -0.1) is 0 Å². The molecule has 1 atom stereocenters. The zero-order valence-electron chi connectivity index (χ0n) is 13.6. The smallest absolute Gasteiger partial charge is 0.227 e. The molecule has 1 aromatic heterocycles. The van der Waals surface area contributed by atoms with E-state index in [4.69, 9.17) is 0 Å². The number of amides is 1. The first-order valence-corrected chi connectivity index (χ1v) is 8.59. The number of aromatic nitrogens is 2.